The zero-order valence-electron chi connectivity index (χ0n) is 14.9. The highest BCUT2D eigenvalue weighted by molar-refractivity contribution is 8.01. The molecule has 29 heavy (non-hydrogen) atoms. The number of carbonyl (C=O) groups excluding carboxylic acids is 1. The minimum Gasteiger partial charge on any atom is -0.298 e. The van der Waals surface area contributed by atoms with Crippen molar-refractivity contribution in [2.75, 3.05) is 10.5 Å². The summed E-state index contributed by atoms with van der Waals surface area (Å²) in [4.78, 5) is 20.9. The zero-order valence-corrected chi connectivity index (χ0v) is 18.2. The summed E-state index contributed by atoms with van der Waals surface area (Å²) in [6, 6.07) is 14.2. The van der Waals surface area contributed by atoms with Gasteiger partial charge in [0.05, 0.1) is 20.9 Å². The Kier molecular flexibility index (Phi) is 5.95. The van der Waals surface area contributed by atoms with Crippen molar-refractivity contribution in [3.63, 3.8) is 0 Å². The molecule has 0 saturated heterocycles. The van der Waals surface area contributed by atoms with Gasteiger partial charge in [-0.1, -0.05) is 36.0 Å². The number of Topliss-reactive ketones (excluding diaryl/α,β-unsaturated/α-hetero) is 1. The van der Waals surface area contributed by atoms with Gasteiger partial charge in [-0.15, -0.1) is 22.7 Å². The predicted octanol–water partition coefficient (Wildman–Crippen LogP) is 4.46. The Morgan fingerprint density at radius 3 is 2.62 bits per heavy atom. The number of hydrogen-bond donors (Lipinski definition) is 1. The van der Waals surface area contributed by atoms with Gasteiger partial charge in [-0.05, 0) is 29.8 Å². The number of hydrogen-bond acceptors (Lipinski definition) is 8. The standard InChI is InChI=1S/C19H15N3O3S4/c23-14(12-27-19-21-16-3-1-2-4-17(16)28-19)11-13-5-7-15(8-6-13)29(24,25)22-18-20-9-10-26-18/h1-10H,11-12H2,(H,20,22). The molecule has 4 rings (SSSR count). The molecule has 2 heterocycles. The Bertz CT molecular complexity index is 1200. The number of para-hydroxylation sites is 1. The number of nitrogens with zero attached hydrogens (tertiary/aromatic N) is 2. The molecule has 0 bridgehead atoms. The Morgan fingerprint density at radius 2 is 1.90 bits per heavy atom. The third kappa shape index (κ3) is 5.02. The average Bonchev–Trinajstić information content (AvgIpc) is 3.35. The van der Waals surface area contributed by atoms with Crippen molar-refractivity contribution in [3.05, 3.63) is 65.7 Å². The molecule has 0 aliphatic carbocycles. The van der Waals surface area contributed by atoms with Gasteiger partial charge in [-0.2, -0.15) is 0 Å². The van der Waals surface area contributed by atoms with Crippen molar-refractivity contribution in [2.45, 2.75) is 15.7 Å². The minimum atomic E-state index is -3.69. The molecular formula is C19H15N3O3S4. The van der Waals surface area contributed by atoms with E-state index < -0.39 is 10.0 Å². The van der Waals surface area contributed by atoms with Crippen LogP contribution in [0, 0.1) is 0 Å². The molecule has 0 radical (unpaired) electrons. The van der Waals surface area contributed by atoms with Crippen molar-refractivity contribution in [1.29, 1.82) is 0 Å². The van der Waals surface area contributed by atoms with Crippen molar-refractivity contribution in [2.24, 2.45) is 0 Å². The number of anilines is 1. The van der Waals surface area contributed by atoms with E-state index in [-0.39, 0.29) is 17.1 Å². The Balaban J connectivity index is 1.35. The molecule has 148 valence electrons. The van der Waals surface area contributed by atoms with Crippen LogP contribution >= 0.6 is 34.4 Å². The van der Waals surface area contributed by atoms with Crippen LogP contribution in [0.4, 0.5) is 5.13 Å². The first-order valence-corrected chi connectivity index (χ1v) is 12.7. The molecule has 0 saturated carbocycles. The van der Waals surface area contributed by atoms with Crippen LogP contribution in [-0.2, 0) is 21.2 Å². The van der Waals surface area contributed by atoms with Crippen molar-refractivity contribution < 1.29 is 13.2 Å². The van der Waals surface area contributed by atoms with Crippen LogP contribution in [-0.4, -0.2) is 29.9 Å². The molecule has 0 fully saturated rings. The summed E-state index contributed by atoms with van der Waals surface area (Å²) in [6.07, 6.45) is 1.78. The van der Waals surface area contributed by atoms with Crippen LogP contribution in [0.2, 0.25) is 0 Å². The molecule has 0 amide bonds. The summed E-state index contributed by atoms with van der Waals surface area (Å²) in [5, 5.41) is 2.01. The second kappa shape index (κ2) is 8.62. The summed E-state index contributed by atoms with van der Waals surface area (Å²) in [6.45, 7) is 0. The number of aromatic nitrogens is 2. The molecule has 2 aromatic heterocycles. The van der Waals surface area contributed by atoms with E-state index in [4.69, 9.17) is 0 Å². The molecule has 1 N–H and O–H groups in total. The third-order valence-electron chi connectivity index (χ3n) is 3.92. The number of rotatable bonds is 8. The summed E-state index contributed by atoms with van der Waals surface area (Å²) in [7, 11) is -3.69. The Labute approximate surface area is 180 Å². The van der Waals surface area contributed by atoms with Crippen molar-refractivity contribution in [1.82, 2.24) is 9.97 Å². The van der Waals surface area contributed by atoms with Crippen LogP contribution in [0.25, 0.3) is 10.2 Å². The summed E-state index contributed by atoms with van der Waals surface area (Å²) in [5.74, 6) is 0.386. The minimum absolute atomic E-state index is 0.0609. The quantitative estimate of drug-likeness (QED) is 0.390. The smallest absolute Gasteiger partial charge is 0.263 e. The van der Waals surface area contributed by atoms with Crippen molar-refractivity contribution >= 4 is 65.6 Å². The zero-order chi connectivity index (χ0) is 20.3. The molecule has 0 aliphatic rings. The number of nitrogens with one attached hydrogen (secondary N) is 1. The number of benzene rings is 2. The van der Waals surface area contributed by atoms with Crippen LogP contribution < -0.4 is 4.72 Å². The number of carbonyl (C=O) groups is 1. The van der Waals surface area contributed by atoms with E-state index in [9.17, 15) is 13.2 Å². The number of thioether (sulfide) groups is 1. The predicted molar refractivity (Wildman–Crippen MR) is 118 cm³/mol. The fourth-order valence-electron chi connectivity index (χ4n) is 2.57. The van der Waals surface area contributed by atoms with Gasteiger partial charge in [0.1, 0.15) is 5.78 Å². The van der Waals surface area contributed by atoms with Crippen LogP contribution in [0.1, 0.15) is 5.56 Å². The van der Waals surface area contributed by atoms with Gasteiger partial charge < -0.3 is 0 Å². The van der Waals surface area contributed by atoms with E-state index in [0.29, 0.717) is 10.9 Å². The maximum atomic E-state index is 12.3. The second-order valence-electron chi connectivity index (χ2n) is 6.04. The molecule has 2 aromatic carbocycles. The van der Waals surface area contributed by atoms with E-state index in [0.717, 1.165) is 20.1 Å². The van der Waals surface area contributed by atoms with Crippen LogP contribution in [0.5, 0.6) is 0 Å². The molecule has 0 atom stereocenters. The van der Waals surface area contributed by atoms with Crippen molar-refractivity contribution in [3.8, 4) is 0 Å². The molecule has 0 spiro atoms. The van der Waals surface area contributed by atoms with Gasteiger partial charge in [0.2, 0.25) is 0 Å². The van der Waals surface area contributed by atoms with E-state index in [1.807, 2.05) is 24.3 Å². The monoisotopic (exact) mass is 461 g/mol. The van der Waals surface area contributed by atoms with Gasteiger partial charge in [0.25, 0.3) is 10.0 Å². The lowest BCUT2D eigenvalue weighted by atomic mass is 10.1. The Hall–Kier alpha value is -2.27. The number of ketones is 1. The van der Waals surface area contributed by atoms with E-state index in [1.54, 1.807) is 28.8 Å². The van der Waals surface area contributed by atoms with Gasteiger partial charge in [-0.3, -0.25) is 9.52 Å². The van der Waals surface area contributed by atoms with E-state index in [2.05, 4.69) is 14.7 Å². The summed E-state index contributed by atoms with van der Waals surface area (Å²) < 4.78 is 29.1. The maximum absolute atomic E-state index is 12.3. The lowest BCUT2D eigenvalue weighted by Crippen LogP contribution is -2.13. The van der Waals surface area contributed by atoms with Gasteiger partial charge >= 0.3 is 0 Å². The largest absolute Gasteiger partial charge is 0.298 e. The lowest BCUT2D eigenvalue weighted by molar-refractivity contribution is -0.116. The highest BCUT2D eigenvalue weighted by atomic mass is 32.2. The van der Waals surface area contributed by atoms with Crippen LogP contribution in [0.15, 0.2) is 69.3 Å². The third-order valence-corrected chi connectivity index (χ3v) is 8.33. The fraction of sp³-hybridized carbons (Fsp3) is 0.105. The number of thiazole rings is 2. The first-order valence-electron chi connectivity index (χ1n) is 8.51. The average molecular weight is 462 g/mol. The second-order valence-corrected chi connectivity index (χ2v) is 10.9. The SMILES string of the molecule is O=C(CSc1nc2ccccc2s1)Cc1ccc(S(=O)(=O)Nc2nccs2)cc1. The van der Waals surface area contributed by atoms with Crippen LogP contribution in [0.3, 0.4) is 0 Å². The first kappa shape index (κ1) is 20.0. The molecular weight excluding hydrogens is 446 g/mol. The molecule has 6 nitrogen and oxygen atoms in total. The fourth-order valence-corrected chi connectivity index (χ4v) is 6.28. The maximum Gasteiger partial charge on any atom is 0.263 e. The van der Waals surface area contributed by atoms with Gasteiger partial charge in [0.15, 0.2) is 9.47 Å². The highest BCUT2D eigenvalue weighted by Crippen LogP contribution is 2.29. The number of sulfonamides is 1. The lowest BCUT2D eigenvalue weighted by Gasteiger charge is -2.06. The van der Waals surface area contributed by atoms with Gasteiger partial charge in [-0.25, -0.2) is 18.4 Å². The summed E-state index contributed by atoms with van der Waals surface area (Å²) in [5.41, 5.74) is 1.71. The highest BCUT2D eigenvalue weighted by Gasteiger charge is 2.16. The first-order chi connectivity index (χ1) is 14.0. The van der Waals surface area contributed by atoms with E-state index in [1.165, 1.54) is 41.4 Å². The topological polar surface area (TPSA) is 89.0 Å². The Morgan fingerprint density at radius 1 is 1.10 bits per heavy atom. The molecule has 10 heteroatoms. The molecule has 0 unspecified atom stereocenters. The van der Waals surface area contributed by atoms with Gasteiger partial charge in [0, 0.05) is 18.0 Å². The summed E-state index contributed by atoms with van der Waals surface area (Å²) >= 11 is 4.21. The van der Waals surface area contributed by atoms with E-state index >= 15 is 0 Å². The number of fused-ring (bicyclic) bond motifs is 1. The molecule has 0 aliphatic heterocycles. The molecule has 4 aromatic rings. The normalized spacial score (nSPS) is 11.6.